The summed E-state index contributed by atoms with van der Waals surface area (Å²) in [6, 6.07) is -0.815. The Labute approximate surface area is 584 Å². The zero-order valence-corrected chi connectivity index (χ0v) is 56.1. The summed E-state index contributed by atoms with van der Waals surface area (Å²) in [6.07, 6.45) is -18.8. The SMILES string of the molecule is CNC(C(=O)NC1C(=O)NC(CC(N)=O)C(=O)N[C@@H]2C(=O)N[C@H]3C(=O)N[C@H](C(=O)N[C@H](C(=O)O)c4cc(O)cc(O)c4-c4cc3ccc4O)C(O)c3ccc(c(Cl)c3)Oc3cc2cc(c3OC2OC(CO)C(O)C(O)C2O[C@H]2C[C@](C)(N)C(O)C(C)O2)Oc2ccc(cc2Cl)C1O)C(C)(C)C. The molecule has 7 amide bonds. The van der Waals surface area contributed by atoms with Crippen molar-refractivity contribution in [1.29, 1.82) is 0 Å². The van der Waals surface area contributed by atoms with Crippen molar-refractivity contribution in [2.24, 2.45) is 16.9 Å². The number of aliphatic hydroxyl groups is 6. The Morgan fingerprint density at radius 2 is 1.31 bits per heavy atom. The molecule has 18 atom stereocenters. The van der Waals surface area contributed by atoms with E-state index in [1.165, 1.54) is 33.0 Å². The number of aliphatic carboxylic acids is 1. The molecule has 7 heterocycles. The molecule has 12 unspecified atom stereocenters. The molecule has 21 N–H and O–H groups in total. The number of amides is 7. The molecule has 5 aromatic rings. The van der Waals surface area contributed by atoms with E-state index in [1.807, 2.05) is 0 Å². The Morgan fingerprint density at radius 3 is 1.88 bits per heavy atom. The minimum Gasteiger partial charge on any atom is -0.508 e. The van der Waals surface area contributed by atoms with E-state index in [4.69, 9.17) is 63.1 Å². The number of carboxylic acids is 1. The van der Waals surface area contributed by atoms with Gasteiger partial charge >= 0.3 is 5.97 Å². The molecule has 2 saturated heterocycles. The average Bonchev–Trinajstić information content (AvgIpc) is 0.761. The molecule has 5 aromatic carbocycles. The van der Waals surface area contributed by atoms with E-state index in [0.717, 1.165) is 66.7 Å². The summed E-state index contributed by atoms with van der Waals surface area (Å²) in [5.41, 5.74) is 7.14. The number of ether oxygens (including phenoxy) is 6. The number of nitrogens with two attached hydrogens (primary N) is 2. The molecule has 35 heteroatoms. The number of phenolic OH excluding ortho intramolecular Hbond substituents is 3. The summed E-state index contributed by atoms with van der Waals surface area (Å²) in [5, 5.41) is 131. The Kier molecular flexibility index (Phi) is 21.7. The van der Waals surface area contributed by atoms with E-state index in [9.17, 15) is 75.0 Å². The number of phenols is 3. The second-order valence-corrected chi connectivity index (χ2v) is 27.1. The summed E-state index contributed by atoms with van der Waals surface area (Å²) < 4.78 is 38.3. The molecule has 0 aliphatic carbocycles. The molecule has 101 heavy (non-hydrogen) atoms. The van der Waals surface area contributed by atoms with E-state index in [1.54, 1.807) is 20.8 Å². The average molecular weight is 1450 g/mol. The highest BCUT2D eigenvalue weighted by molar-refractivity contribution is 6.32. The molecule has 0 saturated carbocycles. The fraction of sp³-hybridized carbons (Fsp3) is 0.424. The number of carbonyl (C=O) groups is 8. The number of primary amides is 1. The highest BCUT2D eigenvalue weighted by Gasteiger charge is 2.52. The van der Waals surface area contributed by atoms with Crippen LogP contribution < -0.4 is 62.9 Å². The first-order valence-electron chi connectivity index (χ1n) is 31.4. The third-order valence-corrected chi connectivity index (χ3v) is 18.4. The monoisotopic (exact) mass is 1450 g/mol. The van der Waals surface area contributed by atoms with Gasteiger partial charge in [0.2, 0.25) is 53.4 Å². The summed E-state index contributed by atoms with van der Waals surface area (Å²) in [5.74, 6) is -16.0. The number of hydrogen-bond donors (Lipinski definition) is 19. The van der Waals surface area contributed by atoms with Gasteiger partial charge in [-0.2, -0.15) is 0 Å². The van der Waals surface area contributed by atoms with E-state index in [0.29, 0.717) is 0 Å². The van der Waals surface area contributed by atoms with Crippen LogP contribution >= 0.6 is 23.2 Å². The normalized spacial score (nSPS) is 29.6. The van der Waals surface area contributed by atoms with E-state index in [-0.39, 0.29) is 33.9 Å². The highest BCUT2D eigenvalue weighted by Crippen LogP contribution is 2.50. The number of aromatic hydroxyl groups is 3. The molecule has 7 aliphatic heterocycles. The molecular weight excluding hydrogens is 1370 g/mol. The summed E-state index contributed by atoms with van der Waals surface area (Å²) in [7, 11) is 1.46. The lowest BCUT2D eigenvalue weighted by atomic mass is 9.86. The zero-order valence-electron chi connectivity index (χ0n) is 54.5. The van der Waals surface area contributed by atoms with Gasteiger partial charge in [0, 0.05) is 34.7 Å². The lowest BCUT2D eigenvalue weighted by Gasteiger charge is -2.47. The number of rotatable bonds is 11. The minimum absolute atomic E-state index is 0.170. The number of benzene rings is 5. The van der Waals surface area contributed by atoms with Gasteiger partial charge in [-0.25, -0.2) is 4.79 Å². The van der Waals surface area contributed by atoms with Crippen LogP contribution in [0.15, 0.2) is 78.9 Å². The standard InChI is InChI=1S/C66H75Cl2N9O24/c1-23-56(87)66(5,70)21-42(96-23)100-54-52(86)51(85)40(22-78)99-64(54)101-53-38-16-27-17-39(53)98-37-12-9-26(15-32(37)68)50(84)48-61(92)75-46(63(94)95)30-18-28(79)19-35(81)43(30)29-13-24(7-10-34(29)80)44(58(89)76-48)74-59(90)45(27)73-57(88)33(20-41(69)82)72-60(91)47(77-62(93)55(71-6)65(2,3)4)49(83)25-8-11-36(97-38)31(67)14-25/h7-19,23,33,40,42,44-52,54-56,64,71,78-81,83-87H,20-22,70H2,1-6H3,(H2,69,82)(H,72,91)(H,73,88)(H,74,90)(H,75,92)(H,76,89)(H,77,93)(H,94,95)/t23?,33?,40?,42-,44+,45-,46-,47?,48-,49?,50?,51?,52?,54?,55?,56?,64?,66-/m0/s1. The van der Waals surface area contributed by atoms with Crippen LogP contribution in [0.4, 0.5) is 0 Å². The van der Waals surface area contributed by atoms with Gasteiger partial charge in [-0.1, -0.05) is 62.2 Å². The highest BCUT2D eigenvalue weighted by atomic mass is 35.5. The number of nitrogens with one attached hydrogen (secondary N) is 7. The Morgan fingerprint density at radius 1 is 0.713 bits per heavy atom. The fourth-order valence-electron chi connectivity index (χ4n) is 12.6. The van der Waals surface area contributed by atoms with Crippen LogP contribution in [0.2, 0.25) is 10.0 Å². The van der Waals surface area contributed by atoms with Crippen LogP contribution in [0, 0.1) is 5.41 Å². The predicted molar refractivity (Wildman–Crippen MR) is 349 cm³/mol. The lowest BCUT2D eigenvalue weighted by Crippen LogP contribution is -2.64. The van der Waals surface area contributed by atoms with E-state index < -0.39 is 243 Å². The van der Waals surface area contributed by atoms with Crippen molar-refractivity contribution >= 4 is 70.5 Å². The van der Waals surface area contributed by atoms with Crippen LogP contribution in [-0.4, -0.2) is 191 Å². The molecule has 2 fully saturated rings. The molecule has 542 valence electrons. The topological polar surface area (TPSA) is 530 Å². The van der Waals surface area contributed by atoms with Crippen molar-refractivity contribution in [3.63, 3.8) is 0 Å². The third-order valence-electron chi connectivity index (χ3n) is 17.8. The number of carboxylic acid groups (broad SMARTS) is 1. The Bertz CT molecular complexity index is 4100. The van der Waals surface area contributed by atoms with Crippen molar-refractivity contribution in [3.8, 4) is 57.1 Å². The van der Waals surface area contributed by atoms with Gasteiger partial charge in [0.1, 0.15) is 89.5 Å². The Hall–Kier alpha value is -9.20. The summed E-state index contributed by atoms with van der Waals surface area (Å²) in [4.78, 5) is 117. The molecule has 0 radical (unpaired) electrons. The molecule has 11 bridgehead atoms. The molecular formula is C66H75Cl2N9O24. The summed E-state index contributed by atoms with van der Waals surface area (Å²) in [6.45, 7) is 7.11. The maximum atomic E-state index is 16.0. The lowest BCUT2D eigenvalue weighted by molar-refractivity contribution is -0.333. The second-order valence-electron chi connectivity index (χ2n) is 26.3. The van der Waals surface area contributed by atoms with Crippen LogP contribution in [0.5, 0.6) is 46.0 Å². The maximum Gasteiger partial charge on any atom is 0.330 e. The van der Waals surface area contributed by atoms with Crippen LogP contribution in [-0.2, 0) is 52.6 Å². The molecule has 7 aliphatic rings. The second kappa shape index (κ2) is 29.4. The number of fused-ring (bicyclic) bond motifs is 15. The zero-order chi connectivity index (χ0) is 73.8. The molecule has 33 nitrogen and oxygen atoms in total. The number of carbonyl (C=O) groups excluding carboxylic acids is 7. The van der Waals surface area contributed by atoms with Gasteiger partial charge in [-0.3, -0.25) is 33.6 Å². The van der Waals surface area contributed by atoms with E-state index >= 15 is 14.4 Å². The largest absolute Gasteiger partial charge is 0.508 e. The first-order valence-corrected chi connectivity index (χ1v) is 32.2. The van der Waals surface area contributed by atoms with E-state index in [2.05, 4.69) is 37.2 Å². The maximum absolute atomic E-state index is 16.0. The van der Waals surface area contributed by atoms with Crippen LogP contribution in [0.1, 0.15) is 106 Å². The number of aliphatic hydroxyl groups excluding tert-OH is 6. The molecule has 0 aromatic heterocycles. The Balaban J connectivity index is 1.24. The van der Waals surface area contributed by atoms with Crippen molar-refractivity contribution in [1.82, 2.24) is 37.2 Å². The summed E-state index contributed by atoms with van der Waals surface area (Å²) >= 11 is 14.1. The van der Waals surface area contributed by atoms with Crippen molar-refractivity contribution in [2.75, 3.05) is 13.7 Å². The first-order chi connectivity index (χ1) is 47.5. The van der Waals surface area contributed by atoms with Gasteiger partial charge in [0.25, 0.3) is 0 Å². The third kappa shape index (κ3) is 15.5. The van der Waals surface area contributed by atoms with Gasteiger partial charge in [-0.15, -0.1) is 0 Å². The quantitative estimate of drug-likeness (QED) is 0.0834. The van der Waals surface area contributed by atoms with Gasteiger partial charge in [0.15, 0.2) is 29.9 Å². The predicted octanol–water partition coefficient (Wildman–Crippen LogP) is 0.106. The van der Waals surface area contributed by atoms with Crippen LogP contribution in [0.3, 0.4) is 0 Å². The van der Waals surface area contributed by atoms with Gasteiger partial charge in [0.05, 0.1) is 41.3 Å². The number of halogens is 2. The van der Waals surface area contributed by atoms with Crippen LogP contribution in [0.25, 0.3) is 11.1 Å². The smallest absolute Gasteiger partial charge is 0.330 e. The molecule has 0 spiro atoms. The number of hydrogen-bond acceptors (Lipinski definition) is 25. The van der Waals surface area contributed by atoms with Gasteiger partial charge < -0.3 is 128 Å². The minimum atomic E-state index is -2.35. The van der Waals surface area contributed by atoms with Crippen molar-refractivity contribution in [2.45, 2.75) is 157 Å². The number of likely N-dealkylation sites (N-methyl/N-ethyl adjacent to an activating group) is 1. The van der Waals surface area contributed by atoms with Crippen molar-refractivity contribution in [3.05, 3.63) is 117 Å². The fourth-order valence-corrected chi connectivity index (χ4v) is 13.1. The first kappa shape index (κ1) is 74.5. The van der Waals surface area contributed by atoms with Gasteiger partial charge in [-0.05, 0) is 103 Å². The molecule has 12 rings (SSSR count). The van der Waals surface area contributed by atoms with Crippen molar-refractivity contribution < 1.29 is 118 Å².